The maximum absolute atomic E-state index is 6.17. The number of nitrogens with one attached hydrogen (secondary N) is 1. The summed E-state index contributed by atoms with van der Waals surface area (Å²) in [6.07, 6.45) is 8.90. The predicted octanol–water partition coefficient (Wildman–Crippen LogP) is 8.30. The molecule has 7 heteroatoms. The third kappa shape index (κ3) is 6.47. The Morgan fingerprint density at radius 2 is 1.14 bits per heavy atom. The molecule has 1 nitrogen and oxygen atoms in total. The smallest absolute Gasteiger partial charge is 0.0809 e. The van der Waals surface area contributed by atoms with Crippen LogP contribution in [0, 0.1) is 0 Å². The molecule has 0 fully saturated rings. The van der Waals surface area contributed by atoms with Gasteiger partial charge in [0.05, 0.1) is 30.0 Å². The van der Waals surface area contributed by atoms with Crippen molar-refractivity contribution in [2.24, 2.45) is 0 Å². The Balaban J connectivity index is 2.34. The quantitative estimate of drug-likeness (QED) is 0.176. The zero-order chi connectivity index (χ0) is 16.5. The molecule has 0 amide bonds. The highest BCUT2D eigenvalue weighted by atomic mass is 35.5. The van der Waals surface area contributed by atoms with E-state index in [1.54, 1.807) is 0 Å². The topological polar surface area (TPSA) is 12.0 Å². The summed E-state index contributed by atoms with van der Waals surface area (Å²) in [7, 11) is 0. The summed E-state index contributed by atoms with van der Waals surface area (Å²) in [5.74, 6) is 0. The first kappa shape index (κ1) is 21.0. The molecule has 0 atom stereocenters. The van der Waals surface area contributed by atoms with E-state index in [1.165, 1.54) is 50.5 Å². The maximum Gasteiger partial charge on any atom is 0.0809 e. The summed E-state index contributed by atoms with van der Waals surface area (Å²) in [6, 6.07) is 0. The van der Waals surface area contributed by atoms with Gasteiger partial charge in [-0.3, -0.25) is 4.72 Å². The van der Waals surface area contributed by atoms with E-state index in [0.29, 0.717) is 14.9 Å². The molecule has 0 radical (unpaired) electrons. The average Bonchev–Trinajstić information content (AvgIpc) is 2.52. The molecule has 1 aromatic carbocycles. The van der Waals surface area contributed by atoms with Gasteiger partial charge < -0.3 is 0 Å². The molecule has 1 N–H and O–H groups in total. The molecule has 0 bridgehead atoms. The summed E-state index contributed by atoms with van der Waals surface area (Å²) in [6.45, 7) is 3.11. The predicted molar refractivity (Wildman–Crippen MR) is 103 cm³/mol. The van der Waals surface area contributed by atoms with Crippen LogP contribution in [-0.4, -0.2) is 6.54 Å². The van der Waals surface area contributed by atoms with Gasteiger partial charge in [0.25, 0.3) is 0 Å². The van der Waals surface area contributed by atoms with Gasteiger partial charge in [0, 0.05) is 6.54 Å². The van der Waals surface area contributed by atoms with Gasteiger partial charge in [-0.1, -0.05) is 103 Å². The first-order valence-corrected chi connectivity index (χ1v) is 10.1. The second kappa shape index (κ2) is 11.5. The van der Waals surface area contributed by atoms with Crippen molar-refractivity contribution in [2.75, 3.05) is 6.54 Å². The Kier molecular flexibility index (Phi) is 11.0. The lowest BCUT2D eigenvalue weighted by atomic mass is 10.1. The number of unbranched alkanes of at least 4 members (excludes halogenated alkanes) is 6. The van der Waals surface area contributed by atoms with Gasteiger partial charge in [0.15, 0.2) is 0 Å². The highest BCUT2D eigenvalue weighted by Crippen LogP contribution is 2.47. The van der Waals surface area contributed by atoms with Crippen LogP contribution in [0.25, 0.3) is 0 Å². The van der Waals surface area contributed by atoms with E-state index in [9.17, 15) is 0 Å². The monoisotopic (exact) mass is 421 g/mol. The lowest BCUT2D eigenvalue weighted by molar-refractivity contribution is 0.588. The lowest BCUT2D eigenvalue weighted by Crippen LogP contribution is -2.05. The Labute approximate surface area is 162 Å². The van der Waals surface area contributed by atoms with Crippen molar-refractivity contribution in [1.29, 1.82) is 0 Å². The van der Waals surface area contributed by atoms with Crippen LogP contribution in [0.3, 0.4) is 0 Å². The zero-order valence-corrected chi connectivity index (χ0v) is 17.1. The molecule has 0 aliphatic carbocycles. The minimum absolute atomic E-state index is 0.190. The normalized spacial score (nSPS) is 11.2. The molecular weight excluding hydrogens is 404 g/mol. The number of benzene rings is 1. The number of rotatable bonds is 10. The molecule has 0 spiro atoms. The van der Waals surface area contributed by atoms with Crippen LogP contribution in [0.1, 0.15) is 51.9 Å². The van der Waals surface area contributed by atoms with Gasteiger partial charge in [-0.15, -0.1) is 0 Å². The fraction of sp³-hybridized carbons (Fsp3) is 0.600. The summed E-state index contributed by atoms with van der Waals surface area (Å²) < 4.78 is 3.25. The molecule has 0 saturated carbocycles. The molecule has 0 saturated heterocycles. The van der Waals surface area contributed by atoms with Crippen molar-refractivity contribution >= 4 is 70.0 Å². The zero-order valence-electron chi connectivity index (χ0n) is 12.5. The van der Waals surface area contributed by atoms with Crippen molar-refractivity contribution in [1.82, 2.24) is 4.72 Å². The van der Waals surface area contributed by atoms with E-state index in [-0.39, 0.29) is 15.1 Å². The second-order valence-electron chi connectivity index (χ2n) is 5.02. The third-order valence-corrected chi connectivity index (χ3v) is 6.69. The fourth-order valence-electron chi connectivity index (χ4n) is 1.95. The van der Waals surface area contributed by atoms with Crippen molar-refractivity contribution in [2.45, 2.75) is 56.8 Å². The summed E-state index contributed by atoms with van der Waals surface area (Å²) >= 11 is 31.7. The van der Waals surface area contributed by atoms with E-state index in [0.717, 1.165) is 13.0 Å². The molecule has 1 aromatic rings. The molecule has 0 unspecified atom stereocenters. The standard InChI is InChI=1S/C15H20Cl5NS/c1-2-3-4-5-6-7-8-9-21-22-15-13(19)11(17)10(16)12(18)14(15)20/h21H,2-9H2,1H3. The Bertz CT molecular complexity index is 452. The molecule has 0 aromatic heterocycles. The summed E-state index contributed by atoms with van der Waals surface area (Å²) in [5.41, 5.74) is 0. The first-order valence-electron chi connectivity index (χ1n) is 7.41. The Morgan fingerprint density at radius 1 is 0.682 bits per heavy atom. The molecule has 0 aliphatic heterocycles. The summed E-state index contributed by atoms with van der Waals surface area (Å²) in [5, 5.41) is 1.32. The first-order chi connectivity index (χ1) is 10.5. The Hall–Kier alpha value is 0.980. The largest absolute Gasteiger partial charge is 0.260 e. The van der Waals surface area contributed by atoms with Crippen LogP contribution in [0.4, 0.5) is 0 Å². The second-order valence-corrected chi connectivity index (χ2v) is 7.81. The minimum atomic E-state index is 0.190. The SMILES string of the molecule is CCCCCCCCCNSc1c(Cl)c(Cl)c(Cl)c(Cl)c1Cl. The molecule has 0 heterocycles. The van der Waals surface area contributed by atoms with Gasteiger partial charge in [-0.05, 0) is 18.4 Å². The van der Waals surface area contributed by atoms with Gasteiger partial charge in [-0.2, -0.15) is 0 Å². The van der Waals surface area contributed by atoms with E-state index in [1.807, 2.05) is 0 Å². The summed E-state index contributed by atoms with van der Waals surface area (Å²) in [4.78, 5) is 0.616. The van der Waals surface area contributed by atoms with Crippen LogP contribution >= 0.6 is 70.0 Å². The van der Waals surface area contributed by atoms with E-state index < -0.39 is 0 Å². The van der Waals surface area contributed by atoms with Crippen molar-refractivity contribution < 1.29 is 0 Å². The van der Waals surface area contributed by atoms with Crippen molar-refractivity contribution in [3.05, 3.63) is 25.1 Å². The fourth-order valence-corrected chi connectivity index (χ4v) is 4.21. The molecule has 22 heavy (non-hydrogen) atoms. The number of hydrogen-bond donors (Lipinski definition) is 1. The highest BCUT2D eigenvalue weighted by Gasteiger charge is 2.19. The highest BCUT2D eigenvalue weighted by molar-refractivity contribution is 7.97. The van der Waals surface area contributed by atoms with Crippen molar-refractivity contribution in [3.63, 3.8) is 0 Å². The van der Waals surface area contributed by atoms with E-state index in [2.05, 4.69) is 11.6 Å². The molecule has 1 rings (SSSR count). The average molecular weight is 424 g/mol. The van der Waals surface area contributed by atoms with Crippen LogP contribution < -0.4 is 4.72 Å². The maximum atomic E-state index is 6.17. The van der Waals surface area contributed by atoms with E-state index in [4.69, 9.17) is 58.0 Å². The van der Waals surface area contributed by atoms with Crippen LogP contribution in [0.15, 0.2) is 4.90 Å². The van der Waals surface area contributed by atoms with Gasteiger partial charge in [-0.25, -0.2) is 0 Å². The number of hydrogen-bond acceptors (Lipinski definition) is 2. The van der Waals surface area contributed by atoms with Crippen LogP contribution in [0.5, 0.6) is 0 Å². The molecule has 0 aliphatic rings. The van der Waals surface area contributed by atoms with Crippen molar-refractivity contribution in [3.8, 4) is 0 Å². The van der Waals surface area contributed by atoms with Gasteiger partial charge in [0.1, 0.15) is 0 Å². The molecular formula is C15H20Cl5NS. The number of halogens is 5. The molecule has 126 valence electrons. The lowest BCUT2D eigenvalue weighted by Gasteiger charge is -2.12. The third-order valence-electron chi connectivity index (χ3n) is 3.23. The van der Waals surface area contributed by atoms with Crippen LogP contribution in [-0.2, 0) is 0 Å². The van der Waals surface area contributed by atoms with Gasteiger partial charge in [0.2, 0.25) is 0 Å². The van der Waals surface area contributed by atoms with Crippen LogP contribution in [0.2, 0.25) is 25.1 Å². The Morgan fingerprint density at radius 3 is 1.68 bits per heavy atom. The minimum Gasteiger partial charge on any atom is -0.260 e. The van der Waals surface area contributed by atoms with E-state index >= 15 is 0 Å². The van der Waals surface area contributed by atoms with Gasteiger partial charge >= 0.3 is 0 Å².